The van der Waals surface area contributed by atoms with E-state index < -0.39 is 86.8 Å². The summed E-state index contributed by atoms with van der Waals surface area (Å²) in [4.78, 5) is 13.0. The van der Waals surface area contributed by atoms with E-state index in [4.69, 9.17) is 18.9 Å². The molecule has 14 nitrogen and oxygen atoms in total. The van der Waals surface area contributed by atoms with Crippen LogP contribution in [-0.2, 0) is 23.7 Å². The summed E-state index contributed by atoms with van der Waals surface area (Å²) in [6.45, 7) is 2.70. The van der Waals surface area contributed by atoms with Gasteiger partial charge >= 0.3 is 0 Å². The third-order valence-corrected chi connectivity index (χ3v) is 10.9. The largest absolute Gasteiger partial charge is 0.394 e. The molecule has 2 fully saturated rings. The van der Waals surface area contributed by atoms with Crippen LogP contribution in [0.4, 0.5) is 0 Å². The molecule has 334 valence electrons. The van der Waals surface area contributed by atoms with Crippen molar-refractivity contribution in [3.8, 4) is 0 Å². The number of unbranched alkanes of at least 4 members (excludes halogenated alkanes) is 15. The van der Waals surface area contributed by atoms with E-state index in [1.807, 2.05) is 0 Å². The standard InChI is InChI=1S/C43H79NO13/c1-3-5-7-9-10-11-12-13-14-15-16-17-18-19-20-21-23-25-27-35(48)44-31(32(47)26-24-22-8-6-4-2)30-54-42-40(53)38(51)41(34(29-46)56-42)57-43-39(52)37(50)36(49)33(28-45)55-43/h11-12,14-15,31-34,36-43,45-47,49-53H,3-10,13,16-30H2,1-2H3,(H,44,48)/b12-11-,15-14-. The van der Waals surface area contributed by atoms with Crippen LogP contribution in [0.25, 0.3) is 0 Å². The fourth-order valence-electron chi connectivity index (χ4n) is 7.20. The Labute approximate surface area is 341 Å². The number of aliphatic hydroxyl groups is 8. The van der Waals surface area contributed by atoms with Crippen molar-refractivity contribution in [2.24, 2.45) is 0 Å². The predicted octanol–water partition coefficient (Wildman–Crippen LogP) is 3.82. The van der Waals surface area contributed by atoms with Crippen LogP contribution in [0, 0.1) is 0 Å². The smallest absolute Gasteiger partial charge is 0.220 e. The normalized spacial score (nSPS) is 29.3. The molecule has 0 aromatic carbocycles. The summed E-state index contributed by atoms with van der Waals surface area (Å²) in [5.41, 5.74) is 0. The third kappa shape index (κ3) is 20.1. The molecule has 14 heteroatoms. The number of ether oxygens (including phenoxy) is 4. The fourth-order valence-corrected chi connectivity index (χ4v) is 7.20. The summed E-state index contributed by atoms with van der Waals surface area (Å²) >= 11 is 0. The molecule has 2 aliphatic heterocycles. The van der Waals surface area contributed by atoms with E-state index in [0.29, 0.717) is 19.3 Å². The van der Waals surface area contributed by atoms with Gasteiger partial charge in [-0.05, 0) is 44.9 Å². The molecular weight excluding hydrogens is 738 g/mol. The van der Waals surface area contributed by atoms with Crippen molar-refractivity contribution in [3.63, 3.8) is 0 Å². The van der Waals surface area contributed by atoms with Gasteiger partial charge in [0.15, 0.2) is 12.6 Å². The Kier molecular flexibility index (Phi) is 28.4. The van der Waals surface area contributed by atoms with Gasteiger partial charge in [0.2, 0.25) is 5.91 Å². The van der Waals surface area contributed by atoms with Crippen molar-refractivity contribution in [2.45, 2.75) is 222 Å². The van der Waals surface area contributed by atoms with Gasteiger partial charge in [0, 0.05) is 6.42 Å². The van der Waals surface area contributed by atoms with Crippen molar-refractivity contribution in [2.75, 3.05) is 19.8 Å². The van der Waals surface area contributed by atoms with E-state index in [2.05, 4.69) is 43.5 Å². The van der Waals surface area contributed by atoms with Crippen LogP contribution in [0.1, 0.15) is 149 Å². The van der Waals surface area contributed by atoms with Crippen molar-refractivity contribution in [1.82, 2.24) is 5.32 Å². The minimum absolute atomic E-state index is 0.224. The first-order valence-corrected chi connectivity index (χ1v) is 22.1. The highest BCUT2D eigenvalue weighted by atomic mass is 16.7. The summed E-state index contributed by atoms with van der Waals surface area (Å²) in [5, 5.41) is 86.1. The van der Waals surface area contributed by atoms with Gasteiger partial charge in [-0.3, -0.25) is 4.79 Å². The highest BCUT2D eigenvalue weighted by Gasteiger charge is 2.51. The molecule has 0 spiro atoms. The van der Waals surface area contributed by atoms with E-state index in [1.54, 1.807) is 0 Å². The Hall–Kier alpha value is -1.53. The molecule has 0 aromatic heterocycles. The van der Waals surface area contributed by atoms with Crippen LogP contribution < -0.4 is 5.32 Å². The number of nitrogens with one attached hydrogen (secondary N) is 1. The summed E-state index contributed by atoms with van der Waals surface area (Å²) in [6.07, 6.45) is 13.9. The number of carbonyl (C=O) groups is 1. The SMILES string of the molecule is CCCCCC/C=C\C/C=C\CCCCCCCCCC(=O)NC(COC1OC(CO)C(OC2OC(CO)C(O)C(O)C2O)C(O)C1O)C(O)CCCCCCC. The van der Waals surface area contributed by atoms with Crippen LogP contribution in [-0.4, -0.2) is 140 Å². The molecule has 2 saturated heterocycles. The van der Waals surface area contributed by atoms with E-state index >= 15 is 0 Å². The van der Waals surface area contributed by atoms with E-state index in [9.17, 15) is 45.6 Å². The average Bonchev–Trinajstić information content (AvgIpc) is 3.21. The lowest BCUT2D eigenvalue weighted by molar-refractivity contribution is -0.359. The first-order chi connectivity index (χ1) is 27.6. The van der Waals surface area contributed by atoms with Gasteiger partial charge in [0.25, 0.3) is 0 Å². The summed E-state index contributed by atoms with van der Waals surface area (Å²) in [6, 6.07) is -0.826. The maximum atomic E-state index is 13.0. The minimum atomic E-state index is -1.78. The summed E-state index contributed by atoms with van der Waals surface area (Å²) in [7, 11) is 0. The molecule has 9 N–H and O–H groups in total. The van der Waals surface area contributed by atoms with Crippen LogP contribution in [0.3, 0.4) is 0 Å². The van der Waals surface area contributed by atoms with Crippen LogP contribution >= 0.6 is 0 Å². The molecule has 12 atom stereocenters. The van der Waals surface area contributed by atoms with E-state index in [0.717, 1.165) is 64.2 Å². The molecule has 0 radical (unpaired) electrons. The zero-order valence-electron chi connectivity index (χ0n) is 34.8. The molecule has 0 bridgehead atoms. The molecule has 57 heavy (non-hydrogen) atoms. The van der Waals surface area contributed by atoms with Gasteiger partial charge in [0.05, 0.1) is 32.0 Å². The van der Waals surface area contributed by atoms with Gasteiger partial charge in [0.1, 0.15) is 48.8 Å². The monoisotopic (exact) mass is 818 g/mol. The number of hydrogen-bond donors (Lipinski definition) is 9. The van der Waals surface area contributed by atoms with Gasteiger partial charge in [-0.15, -0.1) is 0 Å². The molecule has 0 saturated carbocycles. The zero-order valence-corrected chi connectivity index (χ0v) is 34.8. The van der Waals surface area contributed by atoms with Crippen molar-refractivity contribution >= 4 is 5.91 Å². The molecule has 0 aliphatic carbocycles. The molecule has 1 amide bonds. The van der Waals surface area contributed by atoms with E-state index in [1.165, 1.54) is 51.4 Å². The first kappa shape index (κ1) is 51.6. The van der Waals surface area contributed by atoms with Crippen molar-refractivity contribution in [3.05, 3.63) is 24.3 Å². The number of carbonyl (C=O) groups excluding carboxylic acids is 1. The van der Waals surface area contributed by atoms with Crippen LogP contribution in [0.15, 0.2) is 24.3 Å². The highest BCUT2D eigenvalue weighted by Crippen LogP contribution is 2.30. The third-order valence-electron chi connectivity index (χ3n) is 10.9. The fraction of sp³-hybridized carbons (Fsp3) is 0.884. The number of amides is 1. The second-order valence-electron chi connectivity index (χ2n) is 15.8. The average molecular weight is 818 g/mol. The minimum Gasteiger partial charge on any atom is -0.394 e. The molecule has 0 aromatic rings. The topological polar surface area (TPSA) is 228 Å². The highest BCUT2D eigenvalue weighted by molar-refractivity contribution is 5.76. The van der Waals surface area contributed by atoms with Crippen LogP contribution in [0.5, 0.6) is 0 Å². The number of allylic oxidation sites excluding steroid dienone is 4. The van der Waals surface area contributed by atoms with Crippen molar-refractivity contribution < 1.29 is 64.6 Å². The van der Waals surface area contributed by atoms with Gasteiger partial charge in [-0.25, -0.2) is 0 Å². The molecule has 12 unspecified atom stereocenters. The predicted molar refractivity (Wildman–Crippen MR) is 217 cm³/mol. The van der Waals surface area contributed by atoms with Gasteiger partial charge < -0.3 is 65.1 Å². The molecular formula is C43H79NO13. The summed E-state index contributed by atoms with van der Waals surface area (Å²) < 4.78 is 22.5. The Bertz CT molecular complexity index is 1060. The Morgan fingerprint density at radius 1 is 0.632 bits per heavy atom. The number of hydrogen-bond acceptors (Lipinski definition) is 13. The lowest BCUT2D eigenvalue weighted by Crippen LogP contribution is -2.65. The molecule has 2 heterocycles. The quantitative estimate of drug-likeness (QED) is 0.0348. The Morgan fingerprint density at radius 3 is 1.77 bits per heavy atom. The maximum Gasteiger partial charge on any atom is 0.220 e. The first-order valence-electron chi connectivity index (χ1n) is 22.1. The Morgan fingerprint density at radius 2 is 1.16 bits per heavy atom. The maximum absolute atomic E-state index is 13.0. The molecule has 2 rings (SSSR count). The molecule has 2 aliphatic rings. The zero-order chi connectivity index (χ0) is 41.8. The lowest BCUT2D eigenvalue weighted by Gasteiger charge is -2.46. The number of aliphatic hydroxyl groups excluding tert-OH is 8. The second-order valence-corrected chi connectivity index (χ2v) is 15.8. The van der Waals surface area contributed by atoms with E-state index in [-0.39, 0.29) is 12.5 Å². The van der Waals surface area contributed by atoms with Crippen LogP contribution in [0.2, 0.25) is 0 Å². The summed E-state index contributed by atoms with van der Waals surface area (Å²) in [5.74, 6) is -0.224. The Balaban J connectivity index is 1.79. The number of rotatable bonds is 32. The lowest BCUT2D eigenvalue weighted by atomic mass is 9.97. The van der Waals surface area contributed by atoms with Gasteiger partial charge in [-0.1, -0.05) is 122 Å². The van der Waals surface area contributed by atoms with Crippen molar-refractivity contribution in [1.29, 1.82) is 0 Å². The van der Waals surface area contributed by atoms with Gasteiger partial charge in [-0.2, -0.15) is 0 Å². The second kappa shape index (κ2) is 31.4.